The van der Waals surface area contributed by atoms with Crippen molar-refractivity contribution < 1.29 is 28.6 Å². The Bertz CT molecular complexity index is 1720. The van der Waals surface area contributed by atoms with Gasteiger partial charge in [0.2, 0.25) is 0 Å². The van der Waals surface area contributed by atoms with Crippen LogP contribution in [0.15, 0.2) is 134 Å². The Balaban J connectivity index is 4.47. The minimum absolute atomic E-state index is 0.0933. The number of hydrogen-bond acceptors (Lipinski definition) is 6. The lowest BCUT2D eigenvalue weighted by atomic mass is 10.0. The minimum atomic E-state index is -0.802. The third-order valence-electron chi connectivity index (χ3n) is 14.2. The summed E-state index contributed by atoms with van der Waals surface area (Å²) in [6.45, 7) is 6.41. The van der Waals surface area contributed by atoms with Gasteiger partial charge in [0.1, 0.15) is 13.2 Å². The standard InChI is InChI=1S/C75H124O6/c1-4-7-10-13-16-19-22-25-28-31-33-35-36-37-38-40-41-44-47-50-53-56-59-62-65-68-74(77)80-71-72(70-79-73(76)67-64-61-58-55-52-49-46-43-30-27-24-21-18-15-12-9-6-3)81-75(78)69-66-63-60-57-54-51-48-45-42-39-34-32-29-26-23-20-17-14-11-8-5-2/h7-8,10-11,16-17,19-20,25-26,28-29,33-35,37-39,41,44,50,53,72H,4-6,9,12-15,18,21-24,27,30-32,36,40,42-43,45-49,51-52,54-71H2,1-3H3/b10-7-,11-8-,19-16-,20-17-,28-25-,29-26-,35-33-,38-37-,39-34-,44-41-,53-50-. The van der Waals surface area contributed by atoms with Crippen molar-refractivity contribution in [2.24, 2.45) is 0 Å². The normalized spacial score (nSPS) is 13.0. The van der Waals surface area contributed by atoms with E-state index in [0.29, 0.717) is 19.3 Å². The number of ether oxygens (including phenoxy) is 3. The Morgan fingerprint density at radius 3 is 0.765 bits per heavy atom. The van der Waals surface area contributed by atoms with Gasteiger partial charge in [-0.15, -0.1) is 0 Å². The molecular formula is C75H124O6. The van der Waals surface area contributed by atoms with E-state index in [-0.39, 0.29) is 31.1 Å². The maximum atomic E-state index is 12.9. The van der Waals surface area contributed by atoms with Crippen molar-refractivity contribution in [1.29, 1.82) is 0 Å². The van der Waals surface area contributed by atoms with E-state index in [1.54, 1.807) is 0 Å². The first kappa shape index (κ1) is 76.5. The molecule has 81 heavy (non-hydrogen) atoms. The molecule has 0 spiro atoms. The van der Waals surface area contributed by atoms with Crippen molar-refractivity contribution in [3.63, 3.8) is 0 Å². The number of allylic oxidation sites excluding steroid dienone is 22. The van der Waals surface area contributed by atoms with Crippen LogP contribution in [0.5, 0.6) is 0 Å². The van der Waals surface area contributed by atoms with Crippen LogP contribution >= 0.6 is 0 Å². The molecule has 0 aliphatic heterocycles. The van der Waals surface area contributed by atoms with Gasteiger partial charge >= 0.3 is 17.9 Å². The monoisotopic (exact) mass is 1120 g/mol. The third-order valence-corrected chi connectivity index (χ3v) is 14.2. The van der Waals surface area contributed by atoms with Crippen LogP contribution in [0.3, 0.4) is 0 Å². The lowest BCUT2D eigenvalue weighted by molar-refractivity contribution is -0.167. The molecule has 0 N–H and O–H groups in total. The lowest BCUT2D eigenvalue weighted by Gasteiger charge is -2.18. The average Bonchev–Trinajstić information content (AvgIpc) is 3.47. The SMILES string of the molecule is CC/C=C\C/C=C\C/C=C\C/C=C\C/C=C\C/C=C\C/C=C\CCCCCC(=O)OCC(COC(=O)CCCCCCCCCCCCCCCCCCC)OC(=O)CCCCCCCCCC/C=C\C/C=C\C/C=C\C/C=C\CC. The van der Waals surface area contributed by atoms with Crippen molar-refractivity contribution in [3.05, 3.63) is 134 Å². The summed E-state index contributed by atoms with van der Waals surface area (Å²) >= 11 is 0. The summed E-state index contributed by atoms with van der Waals surface area (Å²) in [6.07, 6.45) is 96.0. The molecule has 0 heterocycles. The Hall–Kier alpha value is -4.45. The van der Waals surface area contributed by atoms with Gasteiger partial charge in [0.15, 0.2) is 6.10 Å². The zero-order chi connectivity index (χ0) is 58.5. The number of unbranched alkanes of at least 4 members (excludes halogenated alkanes) is 27. The van der Waals surface area contributed by atoms with E-state index in [9.17, 15) is 14.4 Å². The van der Waals surface area contributed by atoms with Gasteiger partial charge in [-0.3, -0.25) is 14.4 Å². The van der Waals surface area contributed by atoms with Crippen LogP contribution in [-0.4, -0.2) is 37.2 Å². The van der Waals surface area contributed by atoms with Crippen molar-refractivity contribution in [2.75, 3.05) is 13.2 Å². The second-order valence-corrected chi connectivity index (χ2v) is 22.0. The molecule has 460 valence electrons. The molecule has 1 atom stereocenters. The number of carbonyl (C=O) groups excluding carboxylic acids is 3. The molecule has 0 rings (SSSR count). The Morgan fingerprint density at radius 2 is 0.481 bits per heavy atom. The fourth-order valence-corrected chi connectivity index (χ4v) is 9.18. The highest BCUT2D eigenvalue weighted by Gasteiger charge is 2.19. The zero-order valence-electron chi connectivity index (χ0n) is 52.8. The van der Waals surface area contributed by atoms with Crippen LogP contribution in [-0.2, 0) is 28.6 Å². The average molecular weight is 1120 g/mol. The molecule has 0 amide bonds. The van der Waals surface area contributed by atoms with E-state index in [0.717, 1.165) is 141 Å². The minimum Gasteiger partial charge on any atom is -0.462 e. The summed E-state index contributed by atoms with van der Waals surface area (Å²) in [6, 6.07) is 0. The van der Waals surface area contributed by atoms with Crippen molar-refractivity contribution >= 4 is 17.9 Å². The van der Waals surface area contributed by atoms with Crippen molar-refractivity contribution in [2.45, 2.75) is 309 Å². The summed E-state index contributed by atoms with van der Waals surface area (Å²) in [5.74, 6) is -0.928. The molecule has 1 unspecified atom stereocenters. The smallest absolute Gasteiger partial charge is 0.306 e. The van der Waals surface area contributed by atoms with Gasteiger partial charge in [-0.25, -0.2) is 0 Å². The van der Waals surface area contributed by atoms with Gasteiger partial charge in [0.05, 0.1) is 0 Å². The Morgan fingerprint density at radius 1 is 0.259 bits per heavy atom. The molecule has 0 saturated carbocycles. The quantitative estimate of drug-likeness (QED) is 0.0261. The summed E-state index contributed by atoms with van der Waals surface area (Å²) in [4.78, 5) is 38.4. The highest BCUT2D eigenvalue weighted by molar-refractivity contribution is 5.71. The molecule has 0 bridgehead atoms. The van der Waals surface area contributed by atoms with Gasteiger partial charge in [-0.2, -0.15) is 0 Å². The Kier molecular flexibility index (Phi) is 64.3. The summed E-state index contributed by atoms with van der Waals surface area (Å²) in [5, 5.41) is 0. The maximum Gasteiger partial charge on any atom is 0.306 e. The van der Waals surface area contributed by atoms with Crippen LogP contribution in [0.25, 0.3) is 0 Å². The van der Waals surface area contributed by atoms with Gasteiger partial charge in [0.25, 0.3) is 0 Å². The second-order valence-electron chi connectivity index (χ2n) is 22.0. The second kappa shape index (κ2) is 68.1. The van der Waals surface area contributed by atoms with Gasteiger partial charge < -0.3 is 14.2 Å². The molecule has 0 aromatic heterocycles. The fraction of sp³-hybridized carbons (Fsp3) is 0.667. The molecule has 0 fully saturated rings. The van der Waals surface area contributed by atoms with E-state index < -0.39 is 6.10 Å². The lowest BCUT2D eigenvalue weighted by Crippen LogP contribution is -2.30. The van der Waals surface area contributed by atoms with Crippen molar-refractivity contribution in [3.8, 4) is 0 Å². The molecule has 0 aromatic carbocycles. The Labute approximate surface area is 500 Å². The number of hydrogen-bond donors (Lipinski definition) is 0. The van der Waals surface area contributed by atoms with E-state index >= 15 is 0 Å². The van der Waals surface area contributed by atoms with Crippen molar-refractivity contribution in [1.82, 2.24) is 0 Å². The molecule has 6 heteroatoms. The van der Waals surface area contributed by atoms with E-state index in [4.69, 9.17) is 14.2 Å². The largest absolute Gasteiger partial charge is 0.462 e. The highest BCUT2D eigenvalue weighted by atomic mass is 16.6. The van der Waals surface area contributed by atoms with Gasteiger partial charge in [0, 0.05) is 19.3 Å². The van der Waals surface area contributed by atoms with Crippen LogP contribution in [0.2, 0.25) is 0 Å². The molecule has 0 radical (unpaired) electrons. The van der Waals surface area contributed by atoms with Crippen LogP contribution in [0, 0.1) is 0 Å². The number of rotatable bonds is 60. The predicted molar refractivity (Wildman–Crippen MR) is 353 cm³/mol. The number of esters is 3. The first-order chi connectivity index (χ1) is 40.0. The van der Waals surface area contributed by atoms with E-state index in [1.165, 1.54) is 122 Å². The topological polar surface area (TPSA) is 78.9 Å². The first-order valence-electron chi connectivity index (χ1n) is 33.7. The zero-order valence-corrected chi connectivity index (χ0v) is 52.8. The highest BCUT2D eigenvalue weighted by Crippen LogP contribution is 2.16. The maximum absolute atomic E-state index is 12.9. The summed E-state index contributed by atoms with van der Waals surface area (Å²) in [5.41, 5.74) is 0. The molecular weight excluding hydrogens is 997 g/mol. The van der Waals surface area contributed by atoms with E-state index in [2.05, 4.69) is 154 Å². The molecule has 0 aromatic rings. The summed E-state index contributed by atoms with van der Waals surface area (Å²) < 4.78 is 16.9. The van der Waals surface area contributed by atoms with Gasteiger partial charge in [-0.1, -0.05) is 302 Å². The van der Waals surface area contributed by atoms with Crippen LogP contribution in [0.1, 0.15) is 303 Å². The molecule has 0 saturated heterocycles. The molecule has 0 aliphatic carbocycles. The number of carbonyl (C=O) groups is 3. The molecule has 0 aliphatic rings. The van der Waals surface area contributed by atoms with Gasteiger partial charge in [-0.05, 0) is 116 Å². The predicted octanol–water partition coefficient (Wildman–Crippen LogP) is 23.3. The third kappa shape index (κ3) is 66.2. The first-order valence-corrected chi connectivity index (χ1v) is 33.7. The van der Waals surface area contributed by atoms with Crippen LogP contribution < -0.4 is 0 Å². The van der Waals surface area contributed by atoms with E-state index in [1.807, 2.05) is 0 Å². The van der Waals surface area contributed by atoms with Crippen LogP contribution in [0.4, 0.5) is 0 Å². The molecule has 6 nitrogen and oxygen atoms in total. The fourth-order valence-electron chi connectivity index (χ4n) is 9.18. The summed E-state index contributed by atoms with van der Waals surface area (Å²) in [7, 11) is 0.